The zero-order valence-electron chi connectivity index (χ0n) is 12.8. The van der Waals surface area contributed by atoms with E-state index in [1.54, 1.807) is 24.5 Å². The molecule has 0 aromatic carbocycles. The number of hydrogen-bond acceptors (Lipinski definition) is 7. The molecule has 128 valence electrons. The van der Waals surface area contributed by atoms with E-state index in [1.165, 1.54) is 0 Å². The van der Waals surface area contributed by atoms with E-state index in [-0.39, 0.29) is 29.9 Å². The molecule has 9 nitrogen and oxygen atoms in total. The van der Waals surface area contributed by atoms with Crippen molar-refractivity contribution in [2.45, 2.75) is 13.0 Å². The predicted molar refractivity (Wildman–Crippen MR) is 84.5 cm³/mol. The van der Waals surface area contributed by atoms with Crippen LogP contribution in [0.15, 0.2) is 29.0 Å². The predicted octanol–water partition coefficient (Wildman–Crippen LogP) is 0.366. The van der Waals surface area contributed by atoms with Gasteiger partial charge in [0.2, 0.25) is 11.7 Å². The SMILES string of the molecule is O=C(NCc1nc(-c2cccnc2)no1)NCC1CCS(=O)(=O)C1. The molecular weight excluding hydrogens is 334 g/mol. The van der Waals surface area contributed by atoms with Gasteiger partial charge in [-0.25, -0.2) is 13.2 Å². The highest BCUT2D eigenvalue weighted by molar-refractivity contribution is 7.91. The van der Waals surface area contributed by atoms with Crippen LogP contribution in [0.3, 0.4) is 0 Å². The molecule has 2 N–H and O–H groups in total. The summed E-state index contributed by atoms with van der Waals surface area (Å²) in [5.41, 5.74) is 0.722. The maximum absolute atomic E-state index is 11.7. The normalized spacial score (nSPS) is 19.1. The molecule has 1 unspecified atom stereocenters. The Hall–Kier alpha value is -2.49. The summed E-state index contributed by atoms with van der Waals surface area (Å²) >= 11 is 0. The molecule has 0 aliphatic carbocycles. The van der Waals surface area contributed by atoms with Crippen molar-refractivity contribution >= 4 is 15.9 Å². The minimum atomic E-state index is -2.93. The van der Waals surface area contributed by atoms with Gasteiger partial charge >= 0.3 is 6.03 Å². The molecule has 3 rings (SSSR count). The summed E-state index contributed by atoms with van der Waals surface area (Å²) < 4.78 is 27.8. The minimum absolute atomic E-state index is 0.0265. The van der Waals surface area contributed by atoms with Gasteiger partial charge in [-0.05, 0) is 24.5 Å². The number of amides is 2. The van der Waals surface area contributed by atoms with Crippen LogP contribution in [0, 0.1) is 5.92 Å². The lowest BCUT2D eigenvalue weighted by Crippen LogP contribution is -2.38. The number of urea groups is 1. The number of sulfone groups is 1. The Balaban J connectivity index is 1.44. The fourth-order valence-electron chi connectivity index (χ4n) is 2.43. The van der Waals surface area contributed by atoms with Gasteiger partial charge in [0.1, 0.15) is 0 Å². The summed E-state index contributed by atoms with van der Waals surface area (Å²) in [6, 6.07) is 3.16. The van der Waals surface area contributed by atoms with Crippen molar-refractivity contribution in [2.24, 2.45) is 5.92 Å². The average molecular weight is 351 g/mol. The van der Waals surface area contributed by atoms with E-state index in [0.717, 1.165) is 5.56 Å². The highest BCUT2D eigenvalue weighted by Crippen LogP contribution is 2.17. The average Bonchev–Trinajstić information content (AvgIpc) is 3.18. The highest BCUT2D eigenvalue weighted by atomic mass is 32.2. The number of carbonyl (C=O) groups excluding carboxylic acids is 1. The van der Waals surface area contributed by atoms with Crippen molar-refractivity contribution < 1.29 is 17.7 Å². The zero-order chi connectivity index (χ0) is 17.0. The third kappa shape index (κ3) is 4.28. The first-order valence-corrected chi connectivity index (χ1v) is 9.29. The Morgan fingerprint density at radius 1 is 1.38 bits per heavy atom. The first-order chi connectivity index (χ1) is 11.5. The third-order valence-electron chi connectivity index (χ3n) is 3.67. The molecule has 2 aromatic heterocycles. The second kappa shape index (κ2) is 6.95. The largest absolute Gasteiger partial charge is 0.338 e. The quantitative estimate of drug-likeness (QED) is 0.796. The number of nitrogens with one attached hydrogen (secondary N) is 2. The maximum atomic E-state index is 11.7. The third-order valence-corrected chi connectivity index (χ3v) is 5.50. The molecule has 3 heterocycles. The first-order valence-electron chi connectivity index (χ1n) is 7.47. The van der Waals surface area contributed by atoms with Crippen molar-refractivity contribution in [3.05, 3.63) is 30.4 Å². The fourth-order valence-corrected chi connectivity index (χ4v) is 4.29. The van der Waals surface area contributed by atoms with Crippen LogP contribution in [-0.4, -0.2) is 47.6 Å². The second-order valence-electron chi connectivity index (χ2n) is 5.59. The standard InChI is InChI=1S/C14H17N5O4S/c20-14(16-6-10-3-5-24(21,22)9-10)17-8-12-18-13(19-23-12)11-2-1-4-15-7-11/h1-2,4,7,10H,3,5-6,8-9H2,(H2,16,17,20). The number of pyridine rings is 1. The van der Waals surface area contributed by atoms with Crippen LogP contribution in [0.25, 0.3) is 11.4 Å². The summed E-state index contributed by atoms with van der Waals surface area (Å²) in [5, 5.41) is 9.08. The van der Waals surface area contributed by atoms with E-state index in [2.05, 4.69) is 25.8 Å². The minimum Gasteiger partial charge on any atom is -0.338 e. The van der Waals surface area contributed by atoms with Crippen LogP contribution in [0.2, 0.25) is 0 Å². The van der Waals surface area contributed by atoms with Gasteiger partial charge in [0, 0.05) is 24.5 Å². The van der Waals surface area contributed by atoms with Crippen LogP contribution in [-0.2, 0) is 16.4 Å². The van der Waals surface area contributed by atoms with Crippen molar-refractivity contribution in [3.8, 4) is 11.4 Å². The molecule has 0 bridgehead atoms. The molecule has 10 heteroatoms. The van der Waals surface area contributed by atoms with Gasteiger partial charge in [-0.3, -0.25) is 4.98 Å². The Morgan fingerprint density at radius 2 is 2.25 bits per heavy atom. The van der Waals surface area contributed by atoms with Gasteiger partial charge in [-0.2, -0.15) is 4.98 Å². The summed E-state index contributed by atoms with van der Waals surface area (Å²) in [7, 11) is -2.93. The number of carbonyl (C=O) groups is 1. The van der Waals surface area contributed by atoms with E-state index in [9.17, 15) is 13.2 Å². The van der Waals surface area contributed by atoms with E-state index in [0.29, 0.717) is 18.8 Å². The molecule has 1 saturated heterocycles. The van der Waals surface area contributed by atoms with E-state index >= 15 is 0 Å². The number of aromatic nitrogens is 3. The van der Waals surface area contributed by atoms with Gasteiger partial charge in [-0.1, -0.05) is 5.16 Å². The molecule has 0 spiro atoms. The van der Waals surface area contributed by atoms with Gasteiger partial charge < -0.3 is 15.2 Å². The highest BCUT2D eigenvalue weighted by Gasteiger charge is 2.27. The van der Waals surface area contributed by atoms with Crippen LogP contribution in [0.4, 0.5) is 4.79 Å². The number of nitrogens with zero attached hydrogens (tertiary/aromatic N) is 3. The van der Waals surface area contributed by atoms with Crippen LogP contribution < -0.4 is 10.6 Å². The lowest BCUT2D eigenvalue weighted by atomic mass is 10.1. The van der Waals surface area contributed by atoms with E-state index in [4.69, 9.17) is 4.52 Å². The maximum Gasteiger partial charge on any atom is 0.315 e. The molecule has 0 radical (unpaired) electrons. The lowest BCUT2D eigenvalue weighted by Gasteiger charge is -2.09. The van der Waals surface area contributed by atoms with Crippen LogP contribution in [0.5, 0.6) is 0 Å². The molecule has 1 aliphatic heterocycles. The van der Waals surface area contributed by atoms with Gasteiger partial charge in [0.05, 0.1) is 18.1 Å². The summed E-state index contributed by atoms with van der Waals surface area (Å²) in [6.45, 7) is 0.415. The van der Waals surface area contributed by atoms with E-state index in [1.807, 2.05) is 0 Å². The molecule has 1 fully saturated rings. The molecule has 1 aliphatic rings. The van der Waals surface area contributed by atoms with Gasteiger partial charge in [0.25, 0.3) is 0 Å². The molecule has 2 amide bonds. The van der Waals surface area contributed by atoms with Crippen molar-refractivity contribution in [2.75, 3.05) is 18.1 Å². The second-order valence-corrected chi connectivity index (χ2v) is 7.81. The van der Waals surface area contributed by atoms with E-state index < -0.39 is 15.9 Å². The Bertz CT molecular complexity index is 806. The Labute approximate surface area is 138 Å². The van der Waals surface area contributed by atoms with Crippen molar-refractivity contribution in [1.82, 2.24) is 25.8 Å². The number of hydrogen-bond donors (Lipinski definition) is 2. The molecular formula is C14H17N5O4S. The van der Waals surface area contributed by atoms with Crippen LogP contribution in [0.1, 0.15) is 12.3 Å². The topological polar surface area (TPSA) is 127 Å². The van der Waals surface area contributed by atoms with Crippen molar-refractivity contribution in [1.29, 1.82) is 0 Å². The first kappa shape index (κ1) is 16.4. The Kier molecular flexibility index (Phi) is 4.74. The lowest BCUT2D eigenvalue weighted by molar-refractivity contribution is 0.237. The van der Waals surface area contributed by atoms with Gasteiger partial charge in [-0.15, -0.1) is 0 Å². The van der Waals surface area contributed by atoms with Crippen molar-refractivity contribution in [3.63, 3.8) is 0 Å². The Morgan fingerprint density at radius 3 is 2.96 bits per heavy atom. The molecule has 2 aromatic rings. The van der Waals surface area contributed by atoms with Crippen LogP contribution >= 0.6 is 0 Å². The molecule has 24 heavy (non-hydrogen) atoms. The van der Waals surface area contributed by atoms with Gasteiger partial charge in [0.15, 0.2) is 9.84 Å². The zero-order valence-corrected chi connectivity index (χ0v) is 13.6. The number of rotatable bonds is 5. The fraction of sp³-hybridized carbons (Fsp3) is 0.429. The smallest absolute Gasteiger partial charge is 0.315 e. The molecule has 0 saturated carbocycles. The monoisotopic (exact) mass is 351 g/mol. The summed E-state index contributed by atoms with van der Waals surface area (Å²) in [6.07, 6.45) is 3.84. The summed E-state index contributed by atoms with van der Waals surface area (Å²) in [5.74, 6) is 0.969. The summed E-state index contributed by atoms with van der Waals surface area (Å²) in [4.78, 5) is 19.9. The molecule has 1 atom stereocenters.